The van der Waals surface area contributed by atoms with Gasteiger partial charge in [0.15, 0.2) is 0 Å². The highest BCUT2D eigenvalue weighted by Gasteiger charge is 2.33. The number of ether oxygens (including phenoxy) is 2. The molecule has 0 spiro atoms. The first-order valence-electron chi connectivity index (χ1n) is 16.5. The molecule has 5 amide bonds. The molecule has 272 valence electrons. The Morgan fingerprint density at radius 2 is 1.12 bits per heavy atom. The Morgan fingerprint density at radius 3 is 1.67 bits per heavy atom. The molecule has 0 aliphatic carbocycles. The molecule has 1 atom stereocenters. The molecule has 1 heterocycles. The molecule has 0 radical (unpaired) electrons. The van der Waals surface area contributed by atoms with E-state index in [1.54, 1.807) is 0 Å². The van der Waals surface area contributed by atoms with E-state index in [-0.39, 0.29) is 50.3 Å². The molecule has 1 rings (SSSR count). The number of rotatable bonds is 29. The zero-order valence-corrected chi connectivity index (χ0v) is 27.5. The largest absolute Gasteiger partial charge is 0.481 e. The number of aliphatic carboxylic acids is 2. The first-order valence-corrected chi connectivity index (χ1v) is 16.5. The molecule has 0 aromatic rings. The molecule has 0 saturated carbocycles. The van der Waals surface area contributed by atoms with E-state index in [2.05, 4.69) is 20.8 Å². The first kappa shape index (κ1) is 41.9. The third-order valence-electron chi connectivity index (χ3n) is 7.00. The molecule has 48 heavy (non-hydrogen) atoms. The molecule has 1 aliphatic heterocycles. The van der Waals surface area contributed by atoms with Crippen LogP contribution in [0.2, 0.25) is 0 Å². The second-order valence-corrected chi connectivity index (χ2v) is 11.2. The molecule has 0 unspecified atom stereocenters. The number of unbranched alkanes of at least 4 members (excludes halogenated alkanes) is 4. The van der Waals surface area contributed by atoms with Crippen molar-refractivity contribution in [2.75, 3.05) is 39.5 Å². The van der Waals surface area contributed by atoms with Crippen molar-refractivity contribution in [3.8, 4) is 0 Å². The number of hydroxylamine groups is 2. The van der Waals surface area contributed by atoms with Crippen LogP contribution in [0.4, 0.5) is 0 Å². The summed E-state index contributed by atoms with van der Waals surface area (Å²) in [7, 11) is 0. The molecule has 0 bridgehead atoms. The van der Waals surface area contributed by atoms with E-state index < -0.39 is 48.1 Å². The van der Waals surface area contributed by atoms with Gasteiger partial charge in [0.1, 0.15) is 6.04 Å². The molecule has 0 aromatic heterocycles. The fourth-order valence-electron chi connectivity index (χ4n) is 4.33. The maximum Gasteiger partial charge on any atom is 0.333 e. The lowest BCUT2D eigenvalue weighted by Gasteiger charge is -2.16. The van der Waals surface area contributed by atoms with Crippen molar-refractivity contribution in [3.63, 3.8) is 0 Å². The number of imide groups is 1. The third kappa shape index (κ3) is 21.6. The summed E-state index contributed by atoms with van der Waals surface area (Å²) < 4.78 is 11.1. The highest BCUT2D eigenvalue weighted by atomic mass is 16.7. The number of carbonyl (C=O) groups is 8. The third-order valence-corrected chi connectivity index (χ3v) is 7.00. The Kier molecular flexibility index (Phi) is 22.6. The van der Waals surface area contributed by atoms with Crippen molar-refractivity contribution >= 4 is 47.4 Å². The highest BCUT2D eigenvalue weighted by molar-refractivity contribution is 6.01. The average Bonchev–Trinajstić information content (AvgIpc) is 3.35. The lowest BCUT2D eigenvalue weighted by Crippen LogP contribution is -2.42. The molecule has 5 N–H and O–H groups in total. The number of nitrogens with one attached hydrogen (secondary N) is 3. The van der Waals surface area contributed by atoms with Gasteiger partial charge in [-0.15, -0.1) is 5.06 Å². The second-order valence-electron chi connectivity index (χ2n) is 11.2. The van der Waals surface area contributed by atoms with E-state index >= 15 is 0 Å². The van der Waals surface area contributed by atoms with Gasteiger partial charge in [0.2, 0.25) is 17.7 Å². The summed E-state index contributed by atoms with van der Waals surface area (Å²) in [5, 5.41) is 26.0. The van der Waals surface area contributed by atoms with Crippen molar-refractivity contribution in [2.24, 2.45) is 0 Å². The Bertz CT molecular complexity index is 1050. The molecule has 17 nitrogen and oxygen atoms in total. The molecule has 1 saturated heterocycles. The van der Waals surface area contributed by atoms with Crippen LogP contribution in [0.5, 0.6) is 0 Å². The Labute approximate surface area is 279 Å². The molecule has 0 aromatic carbocycles. The second kappa shape index (κ2) is 25.9. The van der Waals surface area contributed by atoms with E-state index in [1.165, 1.54) is 0 Å². The summed E-state index contributed by atoms with van der Waals surface area (Å²) >= 11 is 0. The summed E-state index contributed by atoms with van der Waals surface area (Å²) in [4.78, 5) is 97.4. The van der Waals surface area contributed by atoms with Gasteiger partial charge in [0, 0.05) is 78.0 Å². The predicted molar refractivity (Wildman–Crippen MR) is 167 cm³/mol. The molecule has 17 heteroatoms. The maximum atomic E-state index is 12.1. The van der Waals surface area contributed by atoms with Gasteiger partial charge < -0.3 is 40.5 Å². The van der Waals surface area contributed by atoms with E-state index in [4.69, 9.17) is 14.6 Å². The van der Waals surface area contributed by atoms with E-state index in [9.17, 15) is 43.5 Å². The van der Waals surface area contributed by atoms with Crippen LogP contribution >= 0.6 is 0 Å². The number of hydrogen-bond acceptors (Lipinski definition) is 11. The van der Waals surface area contributed by atoms with E-state index in [0.29, 0.717) is 70.3 Å². The highest BCUT2D eigenvalue weighted by Crippen LogP contribution is 2.13. The van der Waals surface area contributed by atoms with Gasteiger partial charge in [-0.2, -0.15) is 0 Å². The van der Waals surface area contributed by atoms with Gasteiger partial charge >= 0.3 is 17.9 Å². The van der Waals surface area contributed by atoms with Crippen molar-refractivity contribution in [1.29, 1.82) is 0 Å². The monoisotopic (exact) mass is 686 g/mol. The fraction of sp³-hybridized carbons (Fsp3) is 0.742. The smallest absolute Gasteiger partial charge is 0.333 e. The van der Waals surface area contributed by atoms with Gasteiger partial charge in [0.05, 0.1) is 6.42 Å². The zero-order chi connectivity index (χ0) is 35.6. The van der Waals surface area contributed by atoms with Crippen LogP contribution < -0.4 is 16.0 Å². The summed E-state index contributed by atoms with van der Waals surface area (Å²) in [6, 6.07) is -1.42. The Hall–Kier alpha value is -4.12. The van der Waals surface area contributed by atoms with Gasteiger partial charge in [0.25, 0.3) is 11.8 Å². The number of amides is 5. The van der Waals surface area contributed by atoms with Gasteiger partial charge in [-0.25, -0.2) is 9.59 Å². The summed E-state index contributed by atoms with van der Waals surface area (Å²) in [5.74, 6) is -5.58. The minimum absolute atomic E-state index is 0.00528. The Balaban J connectivity index is 1.95. The zero-order valence-electron chi connectivity index (χ0n) is 27.5. The minimum atomic E-state index is -1.42. The maximum absolute atomic E-state index is 12.1. The van der Waals surface area contributed by atoms with Crippen molar-refractivity contribution in [1.82, 2.24) is 21.0 Å². The molecular formula is C31H50N4O13. The standard InChI is InChI=1S/C31H50N4O13/c36-24(9-3-1-2-4-10-29(41)42)32-17-7-21-46-19-5-6-20-47-22-8-18-33-25(37)12-13-26(38)34-23(31(44)45)11-16-30(43)48-35-27(39)14-15-28(35)40/h23H,1-22H2,(H,32,36)(H,33,37)(H,34,38)(H,41,42)(H,44,45)/t23-/m0/s1. The van der Waals surface area contributed by atoms with Gasteiger partial charge in [-0.05, 0) is 44.9 Å². The summed E-state index contributed by atoms with van der Waals surface area (Å²) in [6.45, 7) is 2.99. The average molecular weight is 687 g/mol. The first-order chi connectivity index (χ1) is 23.0. The fourth-order valence-corrected chi connectivity index (χ4v) is 4.33. The molecule has 1 aliphatic rings. The van der Waals surface area contributed by atoms with Crippen LogP contribution in [0.1, 0.15) is 103 Å². The van der Waals surface area contributed by atoms with E-state index in [0.717, 1.165) is 32.1 Å². The quantitative estimate of drug-likeness (QED) is 0.0545. The number of carboxylic acids is 2. The molecular weight excluding hydrogens is 636 g/mol. The van der Waals surface area contributed by atoms with E-state index in [1.807, 2.05) is 0 Å². The van der Waals surface area contributed by atoms with Crippen LogP contribution in [0, 0.1) is 0 Å². The Morgan fingerprint density at radius 1 is 0.625 bits per heavy atom. The lowest BCUT2D eigenvalue weighted by atomic mass is 10.1. The van der Waals surface area contributed by atoms with Crippen LogP contribution in [-0.4, -0.2) is 108 Å². The van der Waals surface area contributed by atoms with Gasteiger partial charge in [-0.1, -0.05) is 12.8 Å². The summed E-state index contributed by atoms with van der Waals surface area (Å²) in [5.41, 5.74) is 0. The molecule has 1 fully saturated rings. The lowest BCUT2D eigenvalue weighted by molar-refractivity contribution is -0.197. The number of carboxylic acid groups (broad SMARTS) is 2. The van der Waals surface area contributed by atoms with Crippen LogP contribution in [-0.2, 0) is 52.7 Å². The van der Waals surface area contributed by atoms with Crippen molar-refractivity contribution < 1.29 is 62.9 Å². The van der Waals surface area contributed by atoms with Crippen molar-refractivity contribution in [2.45, 2.75) is 109 Å². The minimum Gasteiger partial charge on any atom is -0.481 e. The van der Waals surface area contributed by atoms with Crippen molar-refractivity contribution in [3.05, 3.63) is 0 Å². The van der Waals surface area contributed by atoms with Crippen LogP contribution in [0.3, 0.4) is 0 Å². The van der Waals surface area contributed by atoms with Gasteiger partial charge in [-0.3, -0.25) is 28.8 Å². The van der Waals surface area contributed by atoms with Crippen LogP contribution in [0.15, 0.2) is 0 Å². The normalized spacial score (nSPS) is 13.2. The summed E-state index contributed by atoms with van der Waals surface area (Å²) in [6.07, 6.45) is 5.19. The number of nitrogens with zero attached hydrogens (tertiary/aromatic N) is 1. The SMILES string of the molecule is O=C(O)CCCCCCC(=O)NCCCOCCCCOCCCNC(=O)CCC(=O)N[C@@H](CCC(=O)ON1C(=O)CCC1=O)C(=O)O. The number of carbonyl (C=O) groups excluding carboxylic acids is 6. The van der Waals surface area contributed by atoms with Crippen LogP contribution in [0.25, 0.3) is 0 Å². The number of hydrogen-bond donors (Lipinski definition) is 5. The predicted octanol–water partition coefficient (Wildman–Crippen LogP) is 0.975. The topological polar surface area (TPSA) is 244 Å².